The summed E-state index contributed by atoms with van der Waals surface area (Å²) in [5.74, 6) is -1.48. The minimum Gasteiger partial charge on any atom is -0.616 e. The van der Waals surface area contributed by atoms with Gasteiger partial charge in [0.05, 0.1) is 13.1 Å². The Morgan fingerprint density at radius 2 is 1.82 bits per heavy atom. The third-order valence-corrected chi connectivity index (χ3v) is 3.43. The molecule has 0 aliphatic carbocycles. The molecule has 0 amide bonds. The van der Waals surface area contributed by atoms with Gasteiger partial charge in [-0.25, -0.2) is 4.79 Å². The average molecular weight is 278 g/mol. The maximum atomic E-state index is 11.4. The lowest BCUT2D eigenvalue weighted by Gasteiger charge is -2.22. The van der Waals surface area contributed by atoms with Gasteiger partial charge < -0.3 is 19.5 Å². The molecule has 0 heterocycles. The Labute approximate surface area is 111 Å². The SMILES string of the molecule is CCN(CC)C(=S)SC(C(=O)OC)=C([O-])OC. The molecule has 0 atom stereocenters. The number of esters is 1. The number of nitrogens with zero attached hydrogens (tertiary/aromatic N) is 1. The van der Waals surface area contributed by atoms with Crippen LogP contribution in [0, 0.1) is 0 Å². The minimum atomic E-state index is -0.739. The highest BCUT2D eigenvalue weighted by atomic mass is 32.2. The van der Waals surface area contributed by atoms with Crippen molar-refractivity contribution < 1.29 is 19.4 Å². The maximum Gasteiger partial charge on any atom is 0.346 e. The van der Waals surface area contributed by atoms with Crippen LogP contribution in [0.4, 0.5) is 0 Å². The number of rotatable bonds is 5. The van der Waals surface area contributed by atoms with E-state index in [1.54, 1.807) is 0 Å². The molecule has 5 nitrogen and oxygen atoms in total. The van der Waals surface area contributed by atoms with E-state index in [-0.39, 0.29) is 4.91 Å². The van der Waals surface area contributed by atoms with Gasteiger partial charge in [-0.1, -0.05) is 24.0 Å². The third-order valence-electron chi connectivity index (χ3n) is 1.95. The van der Waals surface area contributed by atoms with Gasteiger partial charge in [-0.15, -0.1) is 0 Å². The highest BCUT2D eigenvalue weighted by Crippen LogP contribution is 2.23. The first-order chi connectivity index (χ1) is 8.01. The van der Waals surface area contributed by atoms with E-state index in [0.29, 0.717) is 17.4 Å². The number of ether oxygens (including phenoxy) is 2. The molecule has 0 radical (unpaired) electrons. The normalized spacial score (nSPS) is 11.5. The summed E-state index contributed by atoms with van der Waals surface area (Å²) in [6, 6.07) is 0. The summed E-state index contributed by atoms with van der Waals surface area (Å²) < 4.78 is 9.46. The summed E-state index contributed by atoms with van der Waals surface area (Å²) in [5.41, 5.74) is 0. The first kappa shape index (κ1) is 16.1. The predicted octanol–water partition coefficient (Wildman–Crippen LogP) is 0.695. The zero-order valence-corrected chi connectivity index (χ0v) is 11.9. The minimum absolute atomic E-state index is 0.160. The smallest absolute Gasteiger partial charge is 0.346 e. The molecule has 0 saturated carbocycles. The van der Waals surface area contributed by atoms with Crippen molar-refractivity contribution in [2.24, 2.45) is 0 Å². The molecule has 0 spiro atoms. The van der Waals surface area contributed by atoms with Gasteiger partial charge >= 0.3 is 5.97 Å². The lowest BCUT2D eigenvalue weighted by molar-refractivity contribution is -0.353. The second-order valence-electron chi connectivity index (χ2n) is 2.85. The van der Waals surface area contributed by atoms with Crippen LogP contribution in [-0.2, 0) is 14.3 Å². The number of methoxy groups -OCH3 is 2. The van der Waals surface area contributed by atoms with Gasteiger partial charge in [0, 0.05) is 13.1 Å². The molecule has 98 valence electrons. The molecule has 0 aromatic carbocycles. The second-order valence-corrected chi connectivity index (χ2v) is 4.50. The van der Waals surface area contributed by atoms with Crippen molar-refractivity contribution in [3.8, 4) is 0 Å². The molecule has 0 fully saturated rings. The standard InChI is InChI=1S/C10H17NO4S2/c1-5-11(6-2)10(16)17-7(8(12)14-3)9(13)15-4/h12H,5-6H2,1-4H3/p-1. The molecule has 0 aromatic heterocycles. The number of hydrogen-bond donors (Lipinski definition) is 0. The zero-order chi connectivity index (χ0) is 13.4. The van der Waals surface area contributed by atoms with Crippen LogP contribution in [0.3, 0.4) is 0 Å². The molecular weight excluding hydrogens is 262 g/mol. The summed E-state index contributed by atoms with van der Waals surface area (Å²) in [6.07, 6.45) is 0. The number of thiocarbonyl (C=S) groups is 1. The zero-order valence-electron chi connectivity index (χ0n) is 10.3. The van der Waals surface area contributed by atoms with E-state index in [0.717, 1.165) is 11.8 Å². The van der Waals surface area contributed by atoms with E-state index in [2.05, 4.69) is 9.47 Å². The molecule has 17 heavy (non-hydrogen) atoms. The number of carbonyl (C=O) groups is 1. The first-order valence-electron chi connectivity index (χ1n) is 5.02. The number of carbonyl (C=O) groups excluding carboxylic acids is 1. The molecule has 0 saturated heterocycles. The van der Waals surface area contributed by atoms with Crippen molar-refractivity contribution in [3.05, 3.63) is 10.9 Å². The van der Waals surface area contributed by atoms with Crippen molar-refractivity contribution in [1.29, 1.82) is 0 Å². The summed E-state index contributed by atoms with van der Waals surface area (Å²) in [5, 5.41) is 11.4. The van der Waals surface area contributed by atoms with Crippen molar-refractivity contribution in [2.75, 3.05) is 27.3 Å². The molecule has 0 unspecified atom stereocenters. The lowest BCUT2D eigenvalue weighted by atomic mass is 10.6. The largest absolute Gasteiger partial charge is 0.616 e. The Morgan fingerprint density at radius 3 is 2.18 bits per heavy atom. The van der Waals surface area contributed by atoms with E-state index in [1.807, 2.05) is 18.7 Å². The van der Waals surface area contributed by atoms with Gasteiger partial charge in [-0.05, 0) is 21.0 Å². The summed E-state index contributed by atoms with van der Waals surface area (Å²) in [6.45, 7) is 5.29. The van der Waals surface area contributed by atoms with Gasteiger partial charge in [0.25, 0.3) is 0 Å². The highest BCUT2D eigenvalue weighted by Gasteiger charge is 2.17. The number of hydrogen-bond acceptors (Lipinski definition) is 6. The van der Waals surface area contributed by atoms with Gasteiger partial charge in [-0.2, -0.15) is 0 Å². The fourth-order valence-corrected chi connectivity index (χ4v) is 2.39. The van der Waals surface area contributed by atoms with E-state index < -0.39 is 11.9 Å². The molecule has 0 aliphatic rings. The topological polar surface area (TPSA) is 61.8 Å². The van der Waals surface area contributed by atoms with Crippen LogP contribution in [0.5, 0.6) is 0 Å². The van der Waals surface area contributed by atoms with E-state index in [9.17, 15) is 9.90 Å². The van der Waals surface area contributed by atoms with Crippen molar-refractivity contribution in [2.45, 2.75) is 13.8 Å². The van der Waals surface area contributed by atoms with E-state index in [4.69, 9.17) is 12.2 Å². The van der Waals surface area contributed by atoms with Crippen LogP contribution < -0.4 is 5.11 Å². The van der Waals surface area contributed by atoms with Gasteiger partial charge in [0.1, 0.15) is 9.23 Å². The fraction of sp³-hybridized carbons (Fsp3) is 0.600. The molecule has 0 N–H and O–H groups in total. The van der Waals surface area contributed by atoms with Gasteiger partial charge in [0.15, 0.2) is 0 Å². The Balaban J connectivity index is 4.90. The molecule has 0 aliphatic heterocycles. The van der Waals surface area contributed by atoms with Crippen LogP contribution in [0.25, 0.3) is 0 Å². The van der Waals surface area contributed by atoms with Crippen LogP contribution >= 0.6 is 24.0 Å². The van der Waals surface area contributed by atoms with Gasteiger partial charge in [-0.3, -0.25) is 0 Å². The molecule has 0 bridgehead atoms. The van der Waals surface area contributed by atoms with Crippen molar-refractivity contribution in [3.63, 3.8) is 0 Å². The second kappa shape index (κ2) is 8.19. The Morgan fingerprint density at radius 1 is 1.29 bits per heavy atom. The van der Waals surface area contributed by atoms with Crippen molar-refractivity contribution >= 4 is 34.3 Å². The quantitative estimate of drug-likeness (QED) is 0.317. The third kappa shape index (κ3) is 4.82. The first-order valence-corrected chi connectivity index (χ1v) is 6.24. The highest BCUT2D eigenvalue weighted by molar-refractivity contribution is 8.26. The van der Waals surface area contributed by atoms with Crippen LogP contribution in [0.15, 0.2) is 10.9 Å². The summed E-state index contributed by atoms with van der Waals surface area (Å²) >= 11 is 6.03. The molecule has 7 heteroatoms. The Bertz CT molecular complexity index is 313. The predicted molar refractivity (Wildman–Crippen MR) is 69.2 cm³/mol. The fourth-order valence-electron chi connectivity index (χ4n) is 0.986. The van der Waals surface area contributed by atoms with Crippen LogP contribution in [-0.4, -0.2) is 42.5 Å². The van der Waals surface area contributed by atoms with Crippen LogP contribution in [0.2, 0.25) is 0 Å². The molecule has 0 rings (SSSR count). The summed E-state index contributed by atoms with van der Waals surface area (Å²) in [4.78, 5) is 13.1. The number of thioether (sulfide) groups is 1. The lowest BCUT2D eigenvalue weighted by Crippen LogP contribution is -2.28. The van der Waals surface area contributed by atoms with E-state index in [1.165, 1.54) is 14.2 Å². The van der Waals surface area contributed by atoms with Crippen LogP contribution in [0.1, 0.15) is 13.8 Å². The Kier molecular flexibility index (Phi) is 7.73. The molecule has 0 aromatic rings. The van der Waals surface area contributed by atoms with E-state index >= 15 is 0 Å². The maximum absolute atomic E-state index is 11.4. The van der Waals surface area contributed by atoms with Gasteiger partial charge in [0.2, 0.25) is 0 Å². The monoisotopic (exact) mass is 278 g/mol. The van der Waals surface area contributed by atoms with Crippen molar-refractivity contribution in [1.82, 2.24) is 4.90 Å². The summed E-state index contributed by atoms with van der Waals surface area (Å²) in [7, 11) is 2.40. The Hall–Kier alpha value is -0.950. The molecular formula is C10H16NO4S2-. The average Bonchev–Trinajstić information content (AvgIpc) is 2.35.